The lowest BCUT2D eigenvalue weighted by Gasteiger charge is -2.08. The minimum Gasteiger partial charge on any atom is -0.326 e. The molecule has 0 spiro atoms. The molecule has 0 fully saturated rings. The fraction of sp³-hybridized carbons (Fsp3) is 0.182. The minimum atomic E-state index is -3.64. The first kappa shape index (κ1) is 14.4. The molecule has 19 heavy (non-hydrogen) atoms. The topological polar surface area (TPSA) is 85.1 Å². The van der Waals surface area contributed by atoms with Crippen LogP contribution in [-0.2, 0) is 16.6 Å². The van der Waals surface area contributed by atoms with Gasteiger partial charge in [-0.2, -0.15) is 0 Å². The van der Waals surface area contributed by atoms with Gasteiger partial charge < -0.3 is 5.73 Å². The van der Waals surface area contributed by atoms with Gasteiger partial charge in [-0.25, -0.2) is 8.42 Å². The third-order valence-corrected chi connectivity index (χ3v) is 6.12. The van der Waals surface area contributed by atoms with Crippen molar-refractivity contribution in [2.75, 3.05) is 4.72 Å². The Morgan fingerprint density at radius 3 is 2.84 bits per heavy atom. The number of nitrogens with one attached hydrogen (secondary N) is 1. The smallest absolute Gasteiger partial charge is 0.263 e. The zero-order valence-electron chi connectivity index (χ0n) is 10.1. The van der Waals surface area contributed by atoms with E-state index in [-0.39, 0.29) is 4.90 Å². The molecule has 0 saturated heterocycles. The summed E-state index contributed by atoms with van der Waals surface area (Å²) in [7, 11) is -3.64. The fourth-order valence-electron chi connectivity index (χ4n) is 1.45. The van der Waals surface area contributed by atoms with Crippen LogP contribution in [0.25, 0.3) is 0 Å². The molecule has 0 aromatic carbocycles. The zero-order chi connectivity index (χ0) is 14.0. The molecule has 0 atom stereocenters. The van der Waals surface area contributed by atoms with E-state index in [2.05, 4.69) is 25.6 Å². The summed E-state index contributed by atoms with van der Waals surface area (Å²) in [5.74, 6) is 0. The molecule has 3 N–H and O–H groups in total. The number of pyridine rings is 1. The quantitative estimate of drug-likeness (QED) is 0.875. The van der Waals surface area contributed by atoms with Crippen molar-refractivity contribution in [2.45, 2.75) is 18.4 Å². The molecule has 0 radical (unpaired) electrons. The average Bonchev–Trinajstić information content (AvgIpc) is 2.74. The Kier molecular flexibility index (Phi) is 4.24. The number of nitrogens with zero attached hydrogens (tertiary/aromatic N) is 1. The van der Waals surface area contributed by atoms with Crippen LogP contribution in [0.3, 0.4) is 0 Å². The van der Waals surface area contributed by atoms with Crippen molar-refractivity contribution < 1.29 is 8.42 Å². The molecule has 0 aliphatic carbocycles. The van der Waals surface area contributed by atoms with E-state index in [0.717, 1.165) is 10.4 Å². The Morgan fingerprint density at radius 2 is 2.26 bits per heavy atom. The van der Waals surface area contributed by atoms with E-state index < -0.39 is 10.0 Å². The van der Waals surface area contributed by atoms with E-state index in [1.807, 2.05) is 6.92 Å². The van der Waals surface area contributed by atoms with Crippen LogP contribution in [0.1, 0.15) is 10.4 Å². The molecule has 2 aromatic heterocycles. The lowest BCUT2D eigenvalue weighted by atomic mass is 10.3. The predicted octanol–water partition coefficient (Wildman–Crippen LogP) is 2.47. The van der Waals surface area contributed by atoms with Gasteiger partial charge in [-0.15, -0.1) is 11.3 Å². The summed E-state index contributed by atoms with van der Waals surface area (Å²) < 4.78 is 27.7. The van der Waals surface area contributed by atoms with Crippen molar-refractivity contribution in [3.63, 3.8) is 0 Å². The van der Waals surface area contributed by atoms with Gasteiger partial charge in [0.25, 0.3) is 10.0 Å². The summed E-state index contributed by atoms with van der Waals surface area (Å²) in [6.45, 7) is 2.12. The van der Waals surface area contributed by atoms with Gasteiger partial charge in [0.15, 0.2) is 0 Å². The molecule has 5 nitrogen and oxygen atoms in total. The number of anilines is 1. The van der Waals surface area contributed by atoms with Crippen LogP contribution in [0, 0.1) is 6.92 Å². The van der Waals surface area contributed by atoms with E-state index in [4.69, 9.17) is 5.73 Å². The van der Waals surface area contributed by atoms with Crippen molar-refractivity contribution in [1.29, 1.82) is 0 Å². The highest BCUT2D eigenvalue weighted by molar-refractivity contribution is 9.11. The summed E-state index contributed by atoms with van der Waals surface area (Å²) in [5.41, 5.74) is 6.79. The van der Waals surface area contributed by atoms with Crippen LogP contribution in [0.5, 0.6) is 0 Å². The Labute approximate surface area is 124 Å². The lowest BCUT2D eigenvalue weighted by molar-refractivity contribution is 0.601. The molecular weight excluding hydrogens is 350 g/mol. The number of hydrogen-bond acceptors (Lipinski definition) is 5. The Balaban J connectivity index is 2.38. The van der Waals surface area contributed by atoms with E-state index in [1.165, 1.54) is 17.5 Å². The summed E-state index contributed by atoms with van der Waals surface area (Å²) in [6, 6.07) is 3.31. The molecule has 0 aliphatic rings. The normalized spacial score (nSPS) is 11.5. The van der Waals surface area contributed by atoms with Crippen LogP contribution in [0.2, 0.25) is 0 Å². The van der Waals surface area contributed by atoms with Crippen molar-refractivity contribution >= 4 is 43.0 Å². The standard InChI is InChI=1S/C11H12BrN3O2S2/c1-7-2-3-14-6-9(7)15-19(16,17)10-4-8(5-13)18-11(10)12/h2-4,6,15H,5,13H2,1H3. The van der Waals surface area contributed by atoms with E-state index >= 15 is 0 Å². The number of aromatic nitrogens is 1. The molecule has 0 aliphatic heterocycles. The molecule has 2 rings (SSSR count). The van der Waals surface area contributed by atoms with Gasteiger partial charge in [-0.1, -0.05) is 0 Å². The number of aryl methyl sites for hydroxylation is 1. The van der Waals surface area contributed by atoms with Crippen molar-refractivity contribution in [1.82, 2.24) is 4.98 Å². The Bertz CT molecular complexity index is 698. The highest BCUT2D eigenvalue weighted by Gasteiger charge is 2.21. The van der Waals surface area contributed by atoms with E-state index in [1.54, 1.807) is 18.3 Å². The van der Waals surface area contributed by atoms with Crippen LogP contribution >= 0.6 is 27.3 Å². The average molecular weight is 362 g/mol. The molecule has 2 aromatic rings. The zero-order valence-corrected chi connectivity index (χ0v) is 13.3. The second-order valence-corrected chi connectivity index (χ2v) is 7.96. The SMILES string of the molecule is Cc1ccncc1NS(=O)(=O)c1cc(CN)sc1Br. The Hall–Kier alpha value is -0.960. The van der Waals surface area contributed by atoms with Gasteiger partial charge in [-0.05, 0) is 40.5 Å². The van der Waals surface area contributed by atoms with Crippen molar-refractivity contribution in [3.8, 4) is 0 Å². The number of hydrogen-bond donors (Lipinski definition) is 2. The first-order valence-electron chi connectivity index (χ1n) is 5.36. The van der Waals surface area contributed by atoms with Gasteiger partial charge >= 0.3 is 0 Å². The number of thiophene rings is 1. The summed E-state index contributed by atoms with van der Waals surface area (Å²) >= 11 is 4.57. The number of sulfonamides is 1. The second kappa shape index (κ2) is 5.58. The lowest BCUT2D eigenvalue weighted by Crippen LogP contribution is -2.13. The highest BCUT2D eigenvalue weighted by atomic mass is 79.9. The molecule has 0 unspecified atom stereocenters. The van der Waals surface area contributed by atoms with Crippen LogP contribution < -0.4 is 10.5 Å². The van der Waals surface area contributed by atoms with Crippen LogP contribution in [-0.4, -0.2) is 13.4 Å². The Morgan fingerprint density at radius 1 is 1.53 bits per heavy atom. The number of nitrogens with two attached hydrogens (primary N) is 1. The van der Waals surface area contributed by atoms with Crippen LogP contribution in [0.4, 0.5) is 5.69 Å². The molecule has 0 amide bonds. The third kappa shape index (κ3) is 3.14. The van der Waals surface area contributed by atoms with Gasteiger partial charge in [0.1, 0.15) is 4.90 Å². The second-order valence-electron chi connectivity index (χ2n) is 3.85. The largest absolute Gasteiger partial charge is 0.326 e. The number of halogens is 1. The van der Waals surface area contributed by atoms with Crippen molar-refractivity contribution in [3.05, 3.63) is 38.8 Å². The maximum Gasteiger partial charge on any atom is 0.263 e. The maximum absolute atomic E-state index is 12.3. The van der Waals surface area contributed by atoms with Gasteiger partial charge in [0.2, 0.25) is 0 Å². The monoisotopic (exact) mass is 361 g/mol. The van der Waals surface area contributed by atoms with Crippen molar-refractivity contribution in [2.24, 2.45) is 5.73 Å². The maximum atomic E-state index is 12.3. The first-order chi connectivity index (χ1) is 8.94. The summed E-state index contributed by atoms with van der Waals surface area (Å²) in [6.07, 6.45) is 3.09. The molecular formula is C11H12BrN3O2S2. The molecule has 0 saturated carbocycles. The highest BCUT2D eigenvalue weighted by Crippen LogP contribution is 2.32. The first-order valence-corrected chi connectivity index (χ1v) is 8.45. The van der Waals surface area contributed by atoms with E-state index in [9.17, 15) is 8.42 Å². The molecule has 0 bridgehead atoms. The molecule has 2 heterocycles. The molecule has 102 valence electrons. The number of rotatable bonds is 4. The summed E-state index contributed by atoms with van der Waals surface area (Å²) in [5, 5.41) is 0. The van der Waals surface area contributed by atoms with Gasteiger partial charge in [0.05, 0.1) is 15.7 Å². The van der Waals surface area contributed by atoms with Gasteiger partial charge in [-0.3, -0.25) is 9.71 Å². The fourth-order valence-corrected chi connectivity index (χ4v) is 5.13. The minimum absolute atomic E-state index is 0.196. The predicted molar refractivity (Wildman–Crippen MR) is 79.7 cm³/mol. The summed E-state index contributed by atoms with van der Waals surface area (Å²) in [4.78, 5) is 4.91. The molecule has 8 heteroatoms. The van der Waals surface area contributed by atoms with Crippen LogP contribution in [0.15, 0.2) is 33.2 Å². The third-order valence-electron chi connectivity index (χ3n) is 2.48. The van der Waals surface area contributed by atoms with Gasteiger partial charge in [0, 0.05) is 17.6 Å². The van der Waals surface area contributed by atoms with E-state index in [0.29, 0.717) is 16.0 Å².